The molecule has 5 heteroatoms. The molecule has 1 aromatic heterocycles. The molecule has 2 N–H and O–H groups in total. The van der Waals surface area contributed by atoms with Gasteiger partial charge in [0.15, 0.2) is 5.82 Å². The number of nitrogens with two attached hydrogens (primary N) is 1. The molecule has 0 aliphatic carbocycles. The van der Waals surface area contributed by atoms with Crippen LogP contribution in [0.15, 0.2) is 30.3 Å². The molecular weight excluding hydrogens is 190 g/mol. The molecule has 15 heavy (non-hydrogen) atoms. The van der Waals surface area contributed by atoms with Gasteiger partial charge in [-0.25, -0.2) is 4.68 Å². The molecule has 0 aliphatic heterocycles. The summed E-state index contributed by atoms with van der Waals surface area (Å²) in [4.78, 5) is 0. The van der Waals surface area contributed by atoms with Gasteiger partial charge in [-0.15, -0.1) is 5.10 Å². The predicted octanol–water partition coefficient (Wildman–Crippen LogP) is 0.741. The van der Waals surface area contributed by atoms with Crippen molar-refractivity contribution in [3.8, 4) is 0 Å². The summed E-state index contributed by atoms with van der Waals surface area (Å²) < 4.78 is 1.72. The Morgan fingerprint density at radius 3 is 2.73 bits per heavy atom. The molecule has 0 radical (unpaired) electrons. The summed E-state index contributed by atoms with van der Waals surface area (Å²) in [6, 6.07) is 9.88. The van der Waals surface area contributed by atoms with Gasteiger partial charge < -0.3 is 5.73 Å². The molecule has 2 rings (SSSR count). The van der Waals surface area contributed by atoms with Crippen LogP contribution in [-0.4, -0.2) is 20.2 Å². The molecule has 1 heterocycles. The second-order valence-electron chi connectivity index (χ2n) is 3.47. The molecule has 1 atom stereocenters. The SMILES string of the molecule is CC(N)c1nnnn1Cc1ccccc1. The maximum atomic E-state index is 5.75. The summed E-state index contributed by atoms with van der Waals surface area (Å²) in [5.74, 6) is 0.707. The first kappa shape index (κ1) is 9.79. The number of hydrogen-bond donors (Lipinski definition) is 1. The van der Waals surface area contributed by atoms with Crippen LogP contribution in [0.3, 0.4) is 0 Å². The molecule has 0 spiro atoms. The van der Waals surface area contributed by atoms with E-state index in [1.54, 1.807) is 4.68 Å². The highest BCUT2D eigenvalue weighted by Crippen LogP contribution is 2.07. The third-order valence-corrected chi connectivity index (χ3v) is 2.14. The van der Waals surface area contributed by atoms with E-state index in [2.05, 4.69) is 15.5 Å². The zero-order chi connectivity index (χ0) is 10.7. The summed E-state index contributed by atoms with van der Waals surface area (Å²) >= 11 is 0. The van der Waals surface area contributed by atoms with Crippen LogP contribution in [-0.2, 0) is 6.54 Å². The standard InChI is InChI=1S/C10H13N5/c1-8(11)10-12-13-14-15(10)7-9-5-3-2-4-6-9/h2-6,8H,7,11H2,1H3. The number of benzene rings is 1. The van der Waals surface area contributed by atoms with Crippen molar-refractivity contribution in [2.75, 3.05) is 0 Å². The molecule has 0 saturated carbocycles. The van der Waals surface area contributed by atoms with Gasteiger partial charge in [-0.1, -0.05) is 30.3 Å². The average molecular weight is 203 g/mol. The second-order valence-corrected chi connectivity index (χ2v) is 3.47. The average Bonchev–Trinajstić information content (AvgIpc) is 2.67. The van der Waals surface area contributed by atoms with Crippen LogP contribution in [0.25, 0.3) is 0 Å². The summed E-state index contributed by atoms with van der Waals surface area (Å²) in [5.41, 5.74) is 6.91. The molecular formula is C10H13N5. The number of rotatable bonds is 3. The highest BCUT2D eigenvalue weighted by Gasteiger charge is 2.09. The van der Waals surface area contributed by atoms with Gasteiger partial charge in [0.25, 0.3) is 0 Å². The Labute approximate surface area is 87.9 Å². The second kappa shape index (κ2) is 4.18. The van der Waals surface area contributed by atoms with E-state index >= 15 is 0 Å². The van der Waals surface area contributed by atoms with Gasteiger partial charge in [0.2, 0.25) is 0 Å². The Morgan fingerprint density at radius 2 is 2.07 bits per heavy atom. The van der Waals surface area contributed by atoms with Gasteiger partial charge in [0.1, 0.15) is 0 Å². The number of hydrogen-bond acceptors (Lipinski definition) is 4. The fourth-order valence-corrected chi connectivity index (χ4v) is 1.41. The molecule has 0 saturated heterocycles. The highest BCUT2D eigenvalue weighted by atomic mass is 15.5. The van der Waals surface area contributed by atoms with Gasteiger partial charge in [0, 0.05) is 0 Å². The Morgan fingerprint density at radius 1 is 1.33 bits per heavy atom. The lowest BCUT2D eigenvalue weighted by Gasteiger charge is -2.06. The first-order chi connectivity index (χ1) is 7.27. The van der Waals surface area contributed by atoms with Crippen LogP contribution >= 0.6 is 0 Å². The lowest BCUT2D eigenvalue weighted by molar-refractivity contribution is 0.587. The van der Waals surface area contributed by atoms with E-state index in [0.717, 1.165) is 5.56 Å². The fraction of sp³-hybridized carbons (Fsp3) is 0.300. The van der Waals surface area contributed by atoms with Gasteiger partial charge in [-0.2, -0.15) is 0 Å². The van der Waals surface area contributed by atoms with E-state index in [4.69, 9.17) is 5.73 Å². The fourth-order valence-electron chi connectivity index (χ4n) is 1.41. The zero-order valence-electron chi connectivity index (χ0n) is 8.54. The first-order valence-corrected chi connectivity index (χ1v) is 4.83. The molecule has 1 unspecified atom stereocenters. The van der Waals surface area contributed by atoms with Crippen molar-refractivity contribution in [3.63, 3.8) is 0 Å². The van der Waals surface area contributed by atoms with Gasteiger partial charge in [-0.3, -0.25) is 0 Å². The van der Waals surface area contributed by atoms with Crippen molar-refractivity contribution in [3.05, 3.63) is 41.7 Å². The van der Waals surface area contributed by atoms with E-state index < -0.39 is 0 Å². The minimum absolute atomic E-state index is 0.149. The minimum atomic E-state index is -0.149. The Kier molecular flexibility index (Phi) is 2.73. The topological polar surface area (TPSA) is 69.6 Å². The molecule has 0 bridgehead atoms. The first-order valence-electron chi connectivity index (χ1n) is 4.83. The largest absolute Gasteiger partial charge is 0.322 e. The third-order valence-electron chi connectivity index (χ3n) is 2.14. The molecule has 2 aromatic rings. The van der Waals surface area contributed by atoms with Crippen LogP contribution in [0.1, 0.15) is 24.4 Å². The number of tetrazole rings is 1. The van der Waals surface area contributed by atoms with Crippen LogP contribution in [0, 0.1) is 0 Å². The number of aromatic nitrogens is 4. The van der Waals surface area contributed by atoms with Gasteiger partial charge in [-0.05, 0) is 22.9 Å². The third kappa shape index (κ3) is 2.19. The van der Waals surface area contributed by atoms with E-state index in [1.807, 2.05) is 37.3 Å². The van der Waals surface area contributed by atoms with Crippen LogP contribution in [0.2, 0.25) is 0 Å². The van der Waals surface area contributed by atoms with Crippen molar-refractivity contribution in [2.24, 2.45) is 5.73 Å². The molecule has 0 fully saturated rings. The Balaban J connectivity index is 2.21. The van der Waals surface area contributed by atoms with Crippen LogP contribution in [0.4, 0.5) is 0 Å². The normalized spacial score (nSPS) is 12.7. The summed E-state index contributed by atoms with van der Waals surface area (Å²) in [7, 11) is 0. The lowest BCUT2D eigenvalue weighted by Crippen LogP contribution is -2.15. The van der Waals surface area contributed by atoms with E-state index in [-0.39, 0.29) is 6.04 Å². The Hall–Kier alpha value is -1.75. The van der Waals surface area contributed by atoms with E-state index in [1.165, 1.54) is 0 Å². The maximum Gasteiger partial charge on any atom is 0.168 e. The van der Waals surface area contributed by atoms with Crippen molar-refractivity contribution in [2.45, 2.75) is 19.5 Å². The Bertz CT molecular complexity index is 420. The monoisotopic (exact) mass is 203 g/mol. The summed E-state index contributed by atoms with van der Waals surface area (Å²) in [5, 5.41) is 11.4. The molecule has 78 valence electrons. The highest BCUT2D eigenvalue weighted by molar-refractivity contribution is 5.15. The van der Waals surface area contributed by atoms with Crippen LogP contribution in [0.5, 0.6) is 0 Å². The van der Waals surface area contributed by atoms with Crippen LogP contribution < -0.4 is 5.73 Å². The molecule has 1 aromatic carbocycles. The minimum Gasteiger partial charge on any atom is -0.322 e. The van der Waals surface area contributed by atoms with Crippen molar-refractivity contribution in [1.29, 1.82) is 0 Å². The summed E-state index contributed by atoms with van der Waals surface area (Å²) in [6.45, 7) is 2.53. The quantitative estimate of drug-likeness (QED) is 0.798. The van der Waals surface area contributed by atoms with Gasteiger partial charge >= 0.3 is 0 Å². The summed E-state index contributed by atoms with van der Waals surface area (Å²) in [6.07, 6.45) is 0. The smallest absolute Gasteiger partial charge is 0.168 e. The van der Waals surface area contributed by atoms with Crippen molar-refractivity contribution < 1.29 is 0 Å². The van der Waals surface area contributed by atoms with Gasteiger partial charge in [0.05, 0.1) is 12.6 Å². The zero-order valence-corrected chi connectivity index (χ0v) is 8.54. The van der Waals surface area contributed by atoms with Crippen molar-refractivity contribution >= 4 is 0 Å². The molecule has 0 aliphatic rings. The maximum absolute atomic E-state index is 5.75. The predicted molar refractivity (Wildman–Crippen MR) is 56.0 cm³/mol. The molecule has 0 amide bonds. The van der Waals surface area contributed by atoms with Crippen molar-refractivity contribution in [1.82, 2.24) is 20.2 Å². The number of nitrogens with zero attached hydrogens (tertiary/aromatic N) is 4. The molecule has 5 nitrogen and oxygen atoms in total. The lowest BCUT2D eigenvalue weighted by atomic mass is 10.2. The van der Waals surface area contributed by atoms with E-state index in [0.29, 0.717) is 12.4 Å². The van der Waals surface area contributed by atoms with E-state index in [9.17, 15) is 0 Å².